The van der Waals surface area contributed by atoms with Crippen molar-refractivity contribution < 1.29 is 5.11 Å². The summed E-state index contributed by atoms with van der Waals surface area (Å²) in [5, 5.41) is 10.1. The molecule has 1 N–H and O–H groups in total. The van der Waals surface area contributed by atoms with Crippen molar-refractivity contribution in [3.63, 3.8) is 0 Å². The summed E-state index contributed by atoms with van der Waals surface area (Å²) in [6.45, 7) is 17.8. The summed E-state index contributed by atoms with van der Waals surface area (Å²) in [5.74, 6) is 0.250. The molecule has 1 rings (SSSR count). The SMILES string of the molecule is C=CCN(CC=C)c1ccc(O)c(N(CC=C)CC=C)c1. The summed E-state index contributed by atoms with van der Waals surface area (Å²) in [6, 6.07) is 5.57. The molecule has 0 aliphatic heterocycles. The number of hydrogen-bond acceptors (Lipinski definition) is 3. The van der Waals surface area contributed by atoms with Gasteiger partial charge in [-0.25, -0.2) is 0 Å². The molecule has 0 saturated carbocycles. The fourth-order valence-corrected chi connectivity index (χ4v) is 2.14. The molecule has 0 bridgehead atoms. The lowest BCUT2D eigenvalue weighted by Gasteiger charge is -2.27. The van der Waals surface area contributed by atoms with Gasteiger partial charge in [-0.3, -0.25) is 0 Å². The van der Waals surface area contributed by atoms with E-state index in [1.807, 2.05) is 29.2 Å². The number of phenols is 1. The highest BCUT2D eigenvalue weighted by atomic mass is 16.3. The summed E-state index contributed by atoms with van der Waals surface area (Å²) in [6.07, 6.45) is 7.31. The first-order chi connectivity index (χ1) is 10.2. The van der Waals surface area contributed by atoms with E-state index in [-0.39, 0.29) is 5.75 Å². The zero-order chi connectivity index (χ0) is 15.7. The van der Waals surface area contributed by atoms with Gasteiger partial charge in [0.25, 0.3) is 0 Å². The molecule has 0 aliphatic carbocycles. The maximum absolute atomic E-state index is 10.1. The minimum atomic E-state index is 0.250. The van der Waals surface area contributed by atoms with Gasteiger partial charge in [0, 0.05) is 31.9 Å². The van der Waals surface area contributed by atoms with Crippen molar-refractivity contribution in [3.05, 3.63) is 68.8 Å². The molecule has 0 radical (unpaired) electrons. The highest BCUT2D eigenvalue weighted by Gasteiger charge is 2.12. The summed E-state index contributed by atoms with van der Waals surface area (Å²) >= 11 is 0. The molecule has 112 valence electrons. The second kappa shape index (κ2) is 8.69. The van der Waals surface area contributed by atoms with Crippen molar-refractivity contribution in [1.29, 1.82) is 0 Å². The first-order valence-corrected chi connectivity index (χ1v) is 6.94. The quantitative estimate of drug-likeness (QED) is 0.663. The molecule has 3 nitrogen and oxygen atoms in total. The van der Waals surface area contributed by atoms with E-state index < -0.39 is 0 Å². The predicted molar refractivity (Wildman–Crippen MR) is 93.3 cm³/mol. The van der Waals surface area contributed by atoms with Gasteiger partial charge in [0.1, 0.15) is 5.75 Å². The highest BCUT2D eigenvalue weighted by Crippen LogP contribution is 2.32. The predicted octanol–water partition coefficient (Wildman–Crippen LogP) is 3.75. The summed E-state index contributed by atoms with van der Waals surface area (Å²) < 4.78 is 0. The molecule has 1 aromatic carbocycles. The number of anilines is 2. The Bertz CT molecular complexity index is 488. The van der Waals surface area contributed by atoms with Crippen LogP contribution in [0.15, 0.2) is 68.8 Å². The Morgan fingerprint density at radius 3 is 1.76 bits per heavy atom. The topological polar surface area (TPSA) is 26.7 Å². The van der Waals surface area contributed by atoms with Gasteiger partial charge in [-0.15, -0.1) is 26.3 Å². The maximum atomic E-state index is 10.1. The van der Waals surface area contributed by atoms with Crippen molar-refractivity contribution in [1.82, 2.24) is 0 Å². The minimum Gasteiger partial charge on any atom is -0.506 e. The summed E-state index contributed by atoms with van der Waals surface area (Å²) in [7, 11) is 0. The van der Waals surface area contributed by atoms with Crippen LogP contribution < -0.4 is 9.80 Å². The lowest BCUT2D eigenvalue weighted by Crippen LogP contribution is -2.25. The van der Waals surface area contributed by atoms with E-state index in [9.17, 15) is 5.11 Å². The Labute approximate surface area is 127 Å². The zero-order valence-electron chi connectivity index (χ0n) is 12.5. The van der Waals surface area contributed by atoms with E-state index >= 15 is 0 Å². The van der Waals surface area contributed by atoms with Crippen molar-refractivity contribution >= 4 is 11.4 Å². The van der Waals surface area contributed by atoms with Gasteiger partial charge >= 0.3 is 0 Å². The molecule has 0 fully saturated rings. The normalized spacial score (nSPS) is 9.71. The second-order valence-corrected chi connectivity index (χ2v) is 4.64. The van der Waals surface area contributed by atoms with E-state index in [0.29, 0.717) is 13.1 Å². The van der Waals surface area contributed by atoms with Crippen LogP contribution in [-0.4, -0.2) is 31.3 Å². The maximum Gasteiger partial charge on any atom is 0.139 e. The second-order valence-electron chi connectivity index (χ2n) is 4.64. The van der Waals surface area contributed by atoms with Gasteiger partial charge in [-0.05, 0) is 18.2 Å². The number of hydrogen-bond donors (Lipinski definition) is 1. The van der Waals surface area contributed by atoms with Crippen LogP contribution in [0.4, 0.5) is 11.4 Å². The van der Waals surface area contributed by atoms with Crippen molar-refractivity contribution in [2.24, 2.45) is 0 Å². The third-order valence-corrected chi connectivity index (χ3v) is 3.06. The first kappa shape index (κ1) is 16.6. The van der Waals surface area contributed by atoms with E-state index in [4.69, 9.17) is 0 Å². The van der Waals surface area contributed by atoms with Crippen molar-refractivity contribution in [2.45, 2.75) is 0 Å². The largest absolute Gasteiger partial charge is 0.506 e. The lowest BCUT2D eigenvalue weighted by molar-refractivity contribution is 0.475. The number of phenolic OH excluding ortho intramolecular Hbond substituents is 1. The van der Waals surface area contributed by atoms with Crippen LogP contribution >= 0.6 is 0 Å². The van der Waals surface area contributed by atoms with Gasteiger partial charge in [-0.2, -0.15) is 0 Å². The van der Waals surface area contributed by atoms with Crippen LogP contribution in [0.5, 0.6) is 5.75 Å². The van der Waals surface area contributed by atoms with Gasteiger partial charge in [0.05, 0.1) is 5.69 Å². The average molecular weight is 284 g/mol. The summed E-state index contributed by atoms with van der Waals surface area (Å²) in [5.41, 5.74) is 1.78. The Kier molecular flexibility index (Phi) is 6.88. The monoisotopic (exact) mass is 284 g/mol. The van der Waals surface area contributed by atoms with Gasteiger partial charge in [0.15, 0.2) is 0 Å². The van der Waals surface area contributed by atoms with E-state index in [1.165, 1.54) is 0 Å². The molecule has 0 aromatic heterocycles. The zero-order valence-corrected chi connectivity index (χ0v) is 12.5. The third kappa shape index (κ3) is 4.56. The van der Waals surface area contributed by atoms with Crippen molar-refractivity contribution in [2.75, 3.05) is 36.0 Å². The Balaban J connectivity index is 3.16. The molecular weight excluding hydrogens is 260 g/mol. The molecule has 0 spiro atoms. The molecule has 0 unspecified atom stereocenters. The molecule has 1 aromatic rings. The number of aromatic hydroxyl groups is 1. The highest BCUT2D eigenvalue weighted by molar-refractivity contribution is 5.67. The minimum absolute atomic E-state index is 0.250. The molecule has 21 heavy (non-hydrogen) atoms. The van der Waals surface area contributed by atoms with Gasteiger partial charge in [0.2, 0.25) is 0 Å². The fourth-order valence-electron chi connectivity index (χ4n) is 2.14. The average Bonchev–Trinajstić information content (AvgIpc) is 2.47. The molecule has 0 saturated heterocycles. The van der Waals surface area contributed by atoms with Crippen LogP contribution in [-0.2, 0) is 0 Å². The van der Waals surface area contributed by atoms with Gasteiger partial charge in [-0.1, -0.05) is 24.3 Å². The van der Waals surface area contributed by atoms with E-state index in [0.717, 1.165) is 24.5 Å². The van der Waals surface area contributed by atoms with E-state index in [2.05, 4.69) is 31.2 Å². The molecule has 0 heterocycles. The Morgan fingerprint density at radius 1 is 0.810 bits per heavy atom. The van der Waals surface area contributed by atoms with E-state index in [1.54, 1.807) is 18.2 Å². The molecule has 0 aliphatic rings. The Hall–Kier alpha value is -2.42. The number of benzene rings is 1. The van der Waals surface area contributed by atoms with Crippen LogP contribution in [0.25, 0.3) is 0 Å². The van der Waals surface area contributed by atoms with Crippen LogP contribution in [0.3, 0.4) is 0 Å². The first-order valence-electron chi connectivity index (χ1n) is 6.94. The molecule has 0 atom stereocenters. The smallest absolute Gasteiger partial charge is 0.139 e. The molecule has 0 amide bonds. The Morgan fingerprint density at radius 2 is 1.29 bits per heavy atom. The third-order valence-electron chi connectivity index (χ3n) is 3.06. The number of nitrogens with zero attached hydrogens (tertiary/aromatic N) is 2. The lowest BCUT2D eigenvalue weighted by atomic mass is 10.2. The van der Waals surface area contributed by atoms with Crippen molar-refractivity contribution in [3.8, 4) is 5.75 Å². The summed E-state index contributed by atoms with van der Waals surface area (Å²) in [4.78, 5) is 4.14. The standard InChI is InChI=1S/C18H24N2O/c1-5-11-19(12-6-2)16-9-10-18(21)17(15-16)20(13-7-3)14-8-4/h5-10,15,21H,1-4,11-14H2. The van der Waals surface area contributed by atoms with Gasteiger partial charge < -0.3 is 14.9 Å². The molecule has 3 heteroatoms. The van der Waals surface area contributed by atoms with Crippen LogP contribution in [0, 0.1) is 0 Å². The number of rotatable bonds is 10. The van der Waals surface area contributed by atoms with Crippen LogP contribution in [0.2, 0.25) is 0 Å². The fraction of sp³-hybridized carbons (Fsp3) is 0.222. The molecular formula is C18H24N2O. The van der Waals surface area contributed by atoms with Crippen LogP contribution in [0.1, 0.15) is 0 Å².